The van der Waals surface area contributed by atoms with Crippen molar-refractivity contribution in [1.29, 1.82) is 0 Å². The fraction of sp³-hybridized carbons (Fsp3) is 0.261. The Hall–Kier alpha value is -2.99. The molecule has 0 radical (unpaired) electrons. The van der Waals surface area contributed by atoms with Crippen LogP contribution >= 0.6 is 12.2 Å². The number of hydrogen-bond acceptors (Lipinski definition) is 4. The van der Waals surface area contributed by atoms with E-state index in [9.17, 15) is 9.59 Å². The van der Waals surface area contributed by atoms with Gasteiger partial charge in [-0.15, -0.1) is 0 Å². The number of hydrogen-bond donors (Lipinski definition) is 1. The molecule has 0 bridgehead atoms. The van der Waals surface area contributed by atoms with E-state index in [4.69, 9.17) is 17.0 Å². The number of nitrogens with zero attached hydrogens (tertiary/aromatic N) is 1. The molecule has 1 unspecified atom stereocenters. The van der Waals surface area contributed by atoms with Gasteiger partial charge in [-0.25, -0.2) is 0 Å². The lowest BCUT2D eigenvalue weighted by atomic mass is 10.0. The second-order valence-electron chi connectivity index (χ2n) is 7.15. The maximum absolute atomic E-state index is 13.1. The van der Waals surface area contributed by atoms with Gasteiger partial charge in [-0.3, -0.25) is 19.8 Å². The molecule has 3 rings (SSSR count). The van der Waals surface area contributed by atoms with Crippen LogP contribution in [0.25, 0.3) is 6.08 Å². The molecule has 1 aliphatic rings. The first-order chi connectivity index (χ1) is 13.8. The second-order valence-corrected chi connectivity index (χ2v) is 7.54. The average Bonchev–Trinajstić information content (AvgIpc) is 2.67. The normalized spacial score (nSPS) is 16.8. The molecular formula is C23H24N2O3S. The van der Waals surface area contributed by atoms with Gasteiger partial charge in [0.15, 0.2) is 5.11 Å². The molecule has 150 valence electrons. The molecule has 1 heterocycles. The molecule has 5 nitrogen and oxygen atoms in total. The van der Waals surface area contributed by atoms with Crippen molar-refractivity contribution >= 4 is 40.9 Å². The molecule has 2 amide bonds. The van der Waals surface area contributed by atoms with Crippen LogP contribution in [0.3, 0.4) is 0 Å². The van der Waals surface area contributed by atoms with Crippen molar-refractivity contribution in [2.45, 2.75) is 40.2 Å². The Kier molecular flexibility index (Phi) is 6.13. The number of ether oxygens (including phenoxy) is 1. The quantitative estimate of drug-likeness (QED) is 0.455. The van der Waals surface area contributed by atoms with Crippen LogP contribution in [-0.2, 0) is 9.59 Å². The summed E-state index contributed by atoms with van der Waals surface area (Å²) in [5.41, 5.74) is 3.42. The van der Waals surface area contributed by atoms with Gasteiger partial charge in [0.25, 0.3) is 11.8 Å². The highest BCUT2D eigenvalue weighted by Crippen LogP contribution is 2.26. The Balaban J connectivity index is 1.91. The minimum absolute atomic E-state index is 0.0363. The van der Waals surface area contributed by atoms with Crippen molar-refractivity contribution in [2.24, 2.45) is 0 Å². The molecular weight excluding hydrogens is 384 g/mol. The monoisotopic (exact) mass is 408 g/mol. The average molecular weight is 409 g/mol. The minimum atomic E-state index is -0.499. The van der Waals surface area contributed by atoms with Gasteiger partial charge in [0.1, 0.15) is 11.3 Å². The third-order valence-electron chi connectivity index (χ3n) is 4.80. The van der Waals surface area contributed by atoms with Gasteiger partial charge in [-0.2, -0.15) is 0 Å². The number of rotatable bonds is 5. The van der Waals surface area contributed by atoms with E-state index in [1.807, 2.05) is 63.2 Å². The van der Waals surface area contributed by atoms with E-state index in [0.29, 0.717) is 5.69 Å². The Bertz CT molecular complexity index is 996. The summed E-state index contributed by atoms with van der Waals surface area (Å²) in [5.74, 6) is -0.189. The summed E-state index contributed by atoms with van der Waals surface area (Å²) in [6.45, 7) is 7.96. The number of benzene rings is 2. The fourth-order valence-electron chi connectivity index (χ4n) is 3.06. The van der Waals surface area contributed by atoms with Crippen molar-refractivity contribution in [1.82, 2.24) is 5.32 Å². The molecule has 1 atom stereocenters. The summed E-state index contributed by atoms with van der Waals surface area (Å²) in [6, 6.07) is 13.0. The summed E-state index contributed by atoms with van der Waals surface area (Å²) < 4.78 is 5.77. The number of amides is 2. The van der Waals surface area contributed by atoms with E-state index in [2.05, 4.69) is 12.2 Å². The van der Waals surface area contributed by atoms with E-state index >= 15 is 0 Å². The van der Waals surface area contributed by atoms with E-state index in [1.54, 1.807) is 6.08 Å². The third kappa shape index (κ3) is 4.54. The Morgan fingerprint density at radius 3 is 2.45 bits per heavy atom. The number of carbonyl (C=O) groups excluding carboxylic acids is 2. The van der Waals surface area contributed by atoms with Crippen LogP contribution in [-0.4, -0.2) is 23.0 Å². The zero-order chi connectivity index (χ0) is 21.1. The van der Waals surface area contributed by atoms with Crippen LogP contribution in [0, 0.1) is 13.8 Å². The topological polar surface area (TPSA) is 58.6 Å². The molecule has 1 N–H and O–H groups in total. The Labute approximate surface area is 176 Å². The van der Waals surface area contributed by atoms with Gasteiger partial charge in [0.2, 0.25) is 0 Å². The van der Waals surface area contributed by atoms with Crippen LogP contribution in [0.1, 0.15) is 37.0 Å². The first-order valence-corrected chi connectivity index (χ1v) is 9.96. The Morgan fingerprint density at radius 1 is 1.14 bits per heavy atom. The lowest BCUT2D eigenvalue weighted by Crippen LogP contribution is -2.54. The lowest BCUT2D eigenvalue weighted by Gasteiger charge is -2.30. The van der Waals surface area contributed by atoms with Crippen LogP contribution < -0.4 is 15.0 Å². The molecule has 0 saturated carbocycles. The smallest absolute Gasteiger partial charge is 0.270 e. The second kappa shape index (κ2) is 8.57. The summed E-state index contributed by atoms with van der Waals surface area (Å²) in [6.07, 6.45) is 2.61. The standard InChI is InChI=1S/C23H24N2O3S/c1-5-16(4)28-18-9-7-17(8-10-18)13-19-21(26)24-23(29)25(22(19)27)20-11-6-14(2)12-15(20)3/h6-13,16H,5H2,1-4H3,(H,24,26,29)/b19-13-. The molecule has 1 aliphatic heterocycles. The van der Waals surface area contributed by atoms with E-state index in [0.717, 1.165) is 28.9 Å². The molecule has 0 aliphatic carbocycles. The van der Waals surface area contributed by atoms with Crippen molar-refractivity contribution in [3.05, 3.63) is 64.7 Å². The highest BCUT2D eigenvalue weighted by atomic mass is 32.1. The number of carbonyl (C=O) groups is 2. The van der Waals surface area contributed by atoms with Gasteiger partial charge >= 0.3 is 0 Å². The largest absolute Gasteiger partial charge is 0.491 e. The predicted molar refractivity (Wildman–Crippen MR) is 119 cm³/mol. The third-order valence-corrected chi connectivity index (χ3v) is 5.08. The summed E-state index contributed by atoms with van der Waals surface area (Å²) in [5, 5.41) is 2.70. The molecule has 6 heteroatoms. The molecule has 29 heavy (non-hydrogen) atoms. The molecule has 0 aromatic heterocycles. The number of thiocarbonyl (C=S) groups is 1. The summed E-state index contributed by atoms with van der Waals surface area (Å²) in [4.78, 5) is 26.9. The first-order valence-electron chi connectivity index (χ1n) is 9.55. The summed E-state index contributed by atoms with van der Waals surface area (Å²) in [7, 11) is 0. The van der Waals surface area contributed by atoms with Crippen molar-refractivity contribution < 1.29 is 14.3 Å². The van der Waals surface area contributed by atoms with Crippen molar-refractivity contribution in [3.8, 4) is 5.75 Å². The zero-order valence-electron chi connectivity index (χ0n) is 17.0. The van der Waals surface area contributed by atoms with Gasteiger partial charge in [0, 0.05) is 0 Å². The van der Waals surface area contributed by atoms with Crippen LogP contribution in [0.5, 0.6) is 5.75 Å². The minimum Gasteiger partial charge on any atom is -0.491 e. The van der Waals surface area contributed by atoms with Gasteiger partial charge in [-0.05, 0) is 74.8 Å². The van der Waals surface area contributed by atoms with Gasteiger partial charge in [-0.1, -0.05) is 36.8 Å². The van der Waals surface area contributed by atoms with E-state index in [1.165, 1.54) is 4.90 Å². The summed E-state index contributed by atoms with van der Waals surface area (Å²) >= 11 is 5.27. The fourth-order valence-corrected chi connectivity index (χ4v) is 3.33. The SMILES string of the molecule is CCC(C)Oc1ccc(/C=C2/C(=O)NC(=S)N(c3ccc(C)cc3C)C2=O)cc1. The number of aryl methyl sites for hydroxylation is 2. The molecule has 1 fully saturated rings. The molecule has 1 saturated heterocycles. The van der Waals surface area contributed by atoms with E-state index in [-0.39, 0.29) is 16.8 Å². The predicted octanol–water partition coefficient (Wildman–Crippen LogP) is 4.31. The Morgan fingerprint density at radius 2 is 1.83 bits per heavy atom. The first kappa shape index (κ1) is 20.7. The van der Waals surface area contributed by atoms with Crippen molar-refractivity contribution in [3.63, 3.8) is 0 Å². The number of anilines is 1. The zero-order valence-corrected chi connectivity index (χ0v) is 17.8. The van der Waals surface area contributed by atoms with Gasteiger partial charge in [0.05, 0.1) is 11.8 Å². The number of nitrogens with one attached hydrogen (secondary N) is 1. The van der Waals surface area contributed by atoms with Crippen LogP contribution in [0.2, 0.25) is 0 Å². The molecule has 2 aromatic carbocycles. The highest BCUT2D eigenvalue weighted by Gasteiger charge is 2.35. The van der Waals surface area contributed by atoms with Crippen LogP contribution in [0.15, 0.2) is 48.0 Å². The van der Waals surface area contributed by atoms with Crippen molar-refractivity contribution in [2.75, 3.05) is 4.90 Å². The van der Waals surface area contributed by atoms with E-state index < -0.39 is 11.8 Å². The highest BCUT2D eigenvalue weighted by molar-refractivity contribution is 7.80. The maximum Gasteiger partial charge on any atom is 0.270 e. The van der Waals surface area contributed by atoms with Crippen LogP contribution in [0.4, 0.5) is 5.69 Å². The molecule has 0 spiro atoms. The maximum atomic E-state index is 13.1. The molecule has 2 aromatic rings. The van der Waals surface area contributed by atoms with Gasteiger partial charge < -0.3 is 4.74 Å². The lowest BCUT2D eigenvalue weighted by molar-refractivity contribution is -0.122.